The maximum absolute atomic E-state index is 3.68. The summed E-state index contributed by atoms with van der Waals surface area (Å²) in [6.07, 6.45) is 6.90. The monoisotopic (exact) mass is 240 g/mol. The Morgan fingerprint density at radius 1 is 1.18 bits per heavy atom. The lowest BCUT2D eigenvalue weighted by molar-refractivity contribution is 0.182. The Morgan fingerprint density at radius 2 is 1.94 bits per heavy atom. The molecule has 0 aromatic heterocycles. The maximum atomic E-state index is 3.68. The van der Waals surface area contributed by atoms with E-state index in [1.807, 2.05) is 0 Å². The van der Waals surface area contributed by atoms with Gasteiger partial charge in [-0.3, -0.25) is 0 Å². The van der Waals surface area contributed by atoms with Crippen LogP contribution in [0.2, 0.25) is 0 Å². The van der Waals surface area contributed by atoms with Crippen LogP contribution in [0.5, 0.6) is 0 Å². The summed E-state index contributed by atoms with van der Waals surface area (Å²) in [7, 11) is 0. The molecule has 2 heteroatoms. The molecule has 17 heavy (non-hydrogen) atoms. The Bertz CT molecular complexity index is 189. The van der Waals surface area contributed by atoms with Crippen LogP contribution in [0.1, 0.15) is 59.8 Å². The first-order chi connectivity index (χ1) is 8.08. The van der Waals surface area contributed by atoms with E-state index in [0.717, 1.165) is 12.0 Å². The summed E-state index contributed by atoms with van der Waals surface area (Å²) >= 11 is 0. The first-order valence-corrected chi connectivity index (χ1v) is 7.56. The van der Waals surface area contributed by atoms with Crippen molar-refractivity contribution in [2.45, 2.75) is 71.9 Å². The van der Waals surface area contributed by atoms with E-state index in [1.165, 1.54) is 51.7 Å². The summed E-state index contributed by atoms with van der Waals surface area (Å²) < 4.78 is 0. The van der Waals surface area contributed by atoms with E-state index in [0.29, 0.717) is 6.04 Å². The minimum Gasteiger partial charge on any atom is -0.311 e. The van der Waals surface area contributed by atoms with Gasteiger partial charge in [-0.1, -0.05) is 40.5 Å². The van der Waals surface area contributed by atoms with Crippen molar-refractivity contribution in [3.63, 3.8) is 0 Å². The molecule has 1 saturated heterocycles. The molecule has 0 amide bonds. The van der Waals surface area contributed by atoms with Crippen LogP contribution in [0, 0.1) is 5.92 Å². The Hall–Kier alpha value is -0.0800. The summed E-state index contributed by atoms with van der Waals surface area (Å²) in [4.78, 5) is 2.66. The van der Waals surface area contributed by atoms with Crippen molar-refractivity contribution in [3.05, 3.63) is 0 Å². The first-order valence-electron chi connectivity index (χ1n) is 7.56. The lowest BCUT2D eigenvalue weighted by Crippen LogP contribution is -2.47. The molecule has 0 aliphatic carbocycles. The molecule has 0 aromatic rings. The molecule has 1 aliphatic rings. The van der Waals surface area contributed by atoms with E-state index < -0.39 is 0 Å². The minimum absolute atomic E-state index is 0.626. The molecule has 1 heterocycles. The highest BCUT2D eigenvalue weighted by atomic mass is 15.2. The van der Waals surface area contributed by atoms with Gasteiger partial charge in [0.2, 0.25) is 0 Å². The standard InChI is InChI=1S/C15H32N2/c1-13(2)8-5-6-10-17-11-7-9-15(12-17)16-14(3)4/h13-16H,5-12H2,1-4H3. The van der Waals surface area contributed by atoms with Crippen LogP contribution < -0.4 is 5.32 Å². The molecule has 1 aliphatic heterocycles. The fourth-order valence-corrected chi connectivity index (χ4v) is 2.75. The number of piperidine rings is 1. The molecule has 1 N–H and O–H groups in total. The minimum atomic E-state index is 0.626. The Kier molecular flexibility index (Phi) is 7.14. The van der Waals surface area contributed by atoms with Crippen LogP contribution in [-0.2, 0) is 0 Å². The Morgan fingerprint density at radius 3 is 2.59 bits per heavy atom. The third-order valence-corrected chi connectivity index (χ3v) is 3.58. The van der Waals surface area contributed by atoms with Gasteiger partial charge in [-0.15, -0.1) is 0 Å². The van der Waals surface area contributed by atoms with Crippen molar-refractivity contribution < 1.29 is 0 Å². The molecule has 1 atom stereocenters. The van der Waals surface area contributed by atoms with E-state index in [1.54, 1.807) is 0 Å². The van der Waals surface area contributed by atoms with E-state index in [-0.39, 0.29) is 0 Å². The Labute approximate surface area is 108 Å². The van der Waals surface area contributed by atoms with E-state index in [4.69, 9.17) is 0 Å². The van der Waals surface area contributed by atoms with Gasteiger partial charge in [0.1, 0.15) is 0 Å². The topological polar surface area (TPSA) is 15.3 Å². The largest absolute Gasteiger partial charge is 0.311 e. The van der Waals surface area contributed by atoms with Gasteiger partial charge >= 0.3 is 0 Å². The fourth-order valence-electron chi connectivity index (χ4n) is 2.75. The molecule has 0 radical (unpaired) electrons. The molecule has 1 rings (SSSR count). The van der Waals surface area contributed by atoms with Crippen molar-refractivity contribution in [3.8, 4) is 0 Å². The van der Waals surface area contributed by atoms with E-state index >= 15 is 0 Å². The van der Waals surface area contributed by atoms with Crippen molar-refractivity contribution in [2.75, 3.05) is 19.6 Å². The number of hydrogen-bond acceptors (Lipinski definition) is 2. The van der Waals surface area contributed by atoms with Crippen LogP contribution in [0.3, 0.4) is 0 Å². The predicted octanol–water partition coefficient (Wildman–Crippen LogP) is 3.28. The van der Waals surface area contributed by atoms with Gasteiger partial charge in [-0.2, -0.15) is 0 Å². The zero-order valence-electron chi connectivity index (χ0n) is 12.3. The number of rotatable bonds is 7. The second kappa shape index (κ2) is 8.10. The van der Waals surface area contributed by atoms with Gasteiger partial charge in [0.25, 0.3) is 0 Å². The highest BCUT2D eigenvalue weighted by Crippen LogP contribution is 2.13. The molecule has 102 valence electrons. The molecular weight excluding hydrogens is 208 g/mol. The van der Waals surface area contributed by atoms with Crippen LogP contribution >= 0.6 is 0 Å². The Balaban J connectivity index is 2.12. The van der Waals surface area contributed by atoms with Gasteiger partial charge in [0.15, 0.2) is 0 Å². The highest BCUT2D eigenvalue weighted by molar-refractivity contribution is 4.79. The van der Waals surface area contributed by atoms with Crippen molar-refractivity contribution in [1.82, 2.24) is 10.2 Å². The van der Waals surface area contributed by atoms with Crippen molar-refractivity contribution in [2.24, 2.45) is 5.92 Å². The molecule has 0 bridgehead atoms. The summed E-state index contributed by atoms with van der Waals surface area (Å²) in [5, 5.41) is 3.68. The zero-order valence-corrected chi connectivity index (χ0v) is 12.3. The molecule has 1 fully saturated rings. The van der Waals surface area contributed by atoms with Gasteiger partial charge in [-0.05, 0) is 38.3 Å². The molecule has 0 saturated carbocycles. The van der Waals surface area contributed by atoms with Gasteiger partial charge < -0.3 is 10.2 Å². The quantitative estimate of drug-likeness (QED) is 0.687. The number of nitrogens with zero attached hydrogens (tertiary/aromatic N) is 1. The van der Waals surface area contributed by atoms with Crippen molar-refractivity contribution >= 4 is 0 Å². The lowest BCUT2D eigenvalue weighted by Gasteiger charge is -2.34. The zero-order chi connectivity index (χ0) is 12.7. The van der Waals surface area contributed by atoms with Gasteiger partial charge in [0.05, 0.1) is 0 Å². The normalized spacial score (nSPS) is 22.6. The maximum Gasteiger partial charge on any atom is 0.0197 e. The molecule has 0 spiro atoms. The van der Waals surface area contributed by atoms with Gasteiger partial charge in [0, 0.05) is 18.6 Å². The predicted molar refractivity (Wildman–Crippen MR) is 76.4 cm³/mol. The second-order valence-electron chi connectivity index (χ2n) is 6.35. The summed E-state index contributed by atoms with van der Waals surface area (Å²) in [5.41, 5.74) is 0. The molecule has 2 nitrogen and oxygen atoms in total. The van der Waals surface area contributed by atoms with Crippen LogP contribution in [0.4, 0.5) is 0 Å². The third-order valence-electron chi connectivity index (χ3n) is 3.58. The average molecular weight is 240 g/mol. The second-order valence-corrected chi connectivity index (χ2v) is 6.35. The van der Waals surface area contributed by atoms with Crippen LogP contribution in [-0.4, -0.2) is 36.6 Å². The smallest absolute Gasteiger partial charge is 0.0197 e. The molecular formula is C15H32N2. The van der Waals surface area contributed by atoms with E-state index in [9.17, 15) is 0 Å². The van der Waals surface area contributed by atoms with Crippen molar-refractivity contribution in [1.29, 1.82) is 0 Å². The third kappa shape index (κ3) is 7.05. The summed E-state index contributed by atoms with van der Waals surface area (Å²) in [5.74, 6) is 0.867. The van der Waals surface area contributed by atoms with E-state index in [2.05, 4.69) is 37.9 Å². The highest BCUT2D eigenvalue weighted by Gasteiger charge is 2.19. The summed E-state index contributed by atoms with van der Waals surface area (Å²) in [6, 6.07) is 1.36. The van der Waals surface area contributed by atoms with Crippen LogP contribution in [0.15, 0.2) is 0 Å². The fraction of sp³-hybridized carbons (Fsp3) is 1.00. The van der Waals surface area contributed by atoms with Gasteiger partial charge in [-0.25, -0.2) is 0 Å². The average Bonchev–Trinajstić information content (AvgIpc) is 2.24. The number of likely N-dealkylation sites (tertiary alicyclic amines) is 1. The number of hydrogen-bond donors (Lipinski definition) is 1. The molecule has 1 unspecified atom stereocenters. The number of unbranched alkanes of at least 4 members (excludes halogenated alkanes) is 1. The first kappa shape index (κ1) is 15.0. The summed E-state index contributed by atoms with van der Waals surface area (Å²) in [6.45, 7) is 13.0. The van der Waals surface area contributed by atoms with Crippen LogP contribution in [0.25, 0.3) is 0 Å². The lowest BCUT2D eigenvalue weighted by atomic mass is 10.0. The number of nitrogens with one attached hydrogen (secondary N) is 1. The molecule has 0 aromatic carbocycles. The SMILES string of the molecule is CC(C)CCCCN1CCCC(NC(C)C)C1.